The highest BCUT2D eigenvalue weighted by molar-refractivity contribution is 7.12. The summed E-state index contributed by atoms with van der Waals surface area (Å²) in [6.07, 6.45) is 0.755. The molecule has 0 saturated heterocycles. The van der Waals surface area contributed by atoms with Gasteiger partial charge in [0.1, 0.15) is 11.5 Å². The SMILES string of the molecule is COc1cc(CN(CCc2ccccc2)C(=O)c2sccc2Cl)ccc1OCc1ccccc1. The number of carbonyl (C=O) groups is 1. The predicted molar refractivity (Wildman–Crippen MR) is 138 cm³/mol. The number of amides is 1. The van der Waals surface area contributed by atoms with E-state index in [1.54, 1.807) is 13.2 Å². The Balaban J connectivity index is 1.51. The second kappa shape index (κ2) is 11.7. The van der Waals surface area contributed by atoms with Crippen molar-refractivity contribution in [3.05, 3.63) is 117 Å². The van der Waals surface area contributed by atoms with Gasteiger partial charge in [0.2, 0.25) is 0 Å². The van der Waals surface area contributed by atoms with Gasteiger partial charge < -0.3 is 14.4 Å². The molecule has 1 aromatic heterocycles. The van der Waals surface area contributed by atoms with Crippen LogP contribution in [0.1, 0.15) is 26.4 Å². The summed E-state index contributed by atoms with van der Waals surface area (Å²) in [6, 6.07) is 27.7. The Morgan fingerprint density at radius 2 is 1.59 bits per heavy atom. The third-order valence-electron chi connectivity index (χ3n) is 5.45. The average Bonchev–Trinajstić information content (AvgIpc) is 3.32. The molecule has 3 aromatic carbocycles. The van der Waals surface area contributed by atoms with Gasteiger partial charge in [-0.2, -0.15) is 0 Å². The Labute approximate surface area is 209 Å². The second-order valence-electron chi connectivity index (χ2n) is 7.82. The molecule has 6 heteroatoms. The Hall–Kier alpha value is -3.28. The molecule has 4 aromatic rings. The molecule has 4 nitrogen and oxygen atoms in total. The molecule has 1 heterocycles. The molecule has 174 valence electrons. The van der Waals surface area contributed by atoms with Crippen molar-refractivity contribution in [1.82, 2.24) is 4.90 Å². The van der Waals surface area contributed by atoms with E-state index in [1.165, 1.54) is 16.9 Å². The van der Waals surface area contributed by atoms with Gasteiger partial charge in [0.15, 0.2) is 11.5 Å². The van der Waals surface area contributed by atoms with Gasteiger partial charge in [-0.25, -0.2) is 0 Å². The maximum absolute atomic E-state index is 13.3. The van der Waals surface area contributed by atoms with Gasteiger partial charge in [0, 0.05) is 13.1 Å². The summed E-state index contributed by atoms with van der Waals surface area (Å²) in [5, 5.41) is 2.33. The van der Waals surface area contributed by atoms with E-state index in [0.717, 1.165) is 17.5 Å². The molecule has 0 radical (unpaired) electrons. The van der Waals surface area contributed by atoms with E-state index in [2.05, 4.69) is 12.1 Å². The van der Waals surface area contributed by atoms with Crippen LogP contribution in [0, 0.1) is 0 Å². The monoisotopic (exact) mass is 491 g/mol. The molecule has 0 bridgehead atoms. The quantitative estimate of drug-likeness (QED) is 0.243. The summed E-state index contributed by atoms with van der Waals surface area (Å²) >= 11 is 7.64. The zero-order valence-electron chi connectivity index (χ0n) is 18.9. The minimum Gasteiger partial charge on any atom is -0.493 e. The number of methoxy groups -OCH3 is 1. The lowest BCUT2D eigenvalue weighted by Gasteiger charge is -2.23. The summed E-state index contributed by atoms with van der Waals surface area (Å²) in [7, 11) is 1.62. The first-order chi connectivity index (χ1) is 16.6. The van der Waals surface area contributed by atoms with Gasteiger partial charge >= 0.3 is 0 Å². The summed E-state index contributed by atoms with van der Waals surface area (Å²) in [5.41, 5.74) is 3.22. The van der Waals surface area contributed by atoms with Crippen molar-refractivity contribution in [3.8, 4) is 11.5 Å². The van der Waals surface area contributed by atoms with Crippen molar-refractivity contribution in [2.24, 2.45) is 0 Å². The second-order valence-corrected chi connectivity index (χ2v) is 9.14. The van der Waals surface area contributed by atoms with Crippen LogP contribution in [0.2, 0.25) is 5.02 Å². The molecule has 0 aliphatic heterocycles. The summed E-state index contributed by atoms with van der Waals surface area (Å²) < 4.78 is 11.6. The van der Waals surface area contributed by atoms with E-state index in [0.29, 0.717) is 41.1 Å². The van der Waals surface area contributed by atoms with Gasteiger partial charge in [-0.05, 0) is 46.7 Å². The van der Waals surface area contributed by atoms with Crippen LogP contribution in [0.25, 0.3) is 0 Å². The van der Waals surface area contributed by atoms with Crippen LogP contribution in [-0.4, -0.2) is 24.5 Å². The lowest BCUT2D eigenvalue weighted by Crippen LogP contribution is -2.32. The van der Waals surface area contributed by atoms with E-state index in [4.69, 9.17) is 21.1 Å². The van der Waals surface area contributed by atoms with Crippen molar-refractivity contribution in [2.45, 2.75) is 19.6 Å². The van der Waals surface area contributed by atoms with Crippen molar-refractivity contribution in [3.63, 3.8) is 0 Å². The predicted octanol–water partition coefficient (Wildman–Crippen LogP) is 6.87. The van der Waals surface area contributed by atoms with Crippen LogP contribution in [0.15, 0.2) is 90.3 Å². The summed E-state index contributed by atoms with van der Waals surface area (Å²) in [6.45, 7) is 1.47. The van der Waals surface area contributed by atoms with Gasteiger partial charge in [-0.3, -0.25) is 4.79 Å². The van der Waals surface area contributed by atoms with Crippen molar-refractivity contribution in [2.75, 3.05) is 13.7 Å². The Morgan fingerprint density at radius 3 is 2.24 bits per heavy atom. The molecular weight excluding hydrogens is 466 g/mol. The molecule has 0 unspecified atom stereocenters. The molecule has 34 heavy (non-hydrogen) atoms. The van der Waals surface area contributed by atoms with Crippen molar-refractivity contribution in [1.29, 1.82) is 0 Å². The normalized spacial score (nSPS) is 10.6. The van der Waals surface area contributed by atoms with Crippen molar-refractivity contribution >= 4 is 28.8 Å². The third-order valence-corrected chi connectivity index (χ3v) is 6.78. The first-order valence-electron chi connectivity index (χ1n) is 11.0. The van der Waals surface area contributed by atoms with Gasteiger partial charge in [0.25, 0.3) is 5.91 Å². The lowest BCUT2D eigenvalue weighted by molar-refractivity contribution is 0.0750. The minimum atomic E-state index is -0.0701. The molecular formula is C28H26ClNO3S. The smallest absolute Gasteiger partial charge is 0.265 e. The topological polar surface area (TPSA) is 38.8 Å². The first-order valence-corrected chi connectivity index (χ1v) is 12.3. The van der Waals surface area contributed by atoms with Crippen LogP contribution < -0.4 is 9.47 Å². The molecule has 0 N–H and O–H groups in total. The number of carbonyl (C=O) groups excluding carboxylic acids is 1. The molecule has 1 amide bonds. The average molecular weight is 492 g/mol. The van der Waals surface area contributed by atoms with Crippen LogP contribution in [-0.2, 0) is 19.6 Å². The fraction of sp³-hybridized carbons (Fsp3) is 0.179. The van der Waals surface area contributed by atoms with Crippen LogP contribution in [0.4, 0.5) is 0 Å². The van der Waals surface area contributed by atoms with Crippen LogP contribution in [0.5, 0.6) is 11.5 Å². The standard InChI is InChI=1S/C28H26ClNO3S/c1-32-26-18-23(12-13-25(26)33-20-22-10-6-3-7-11-22)19-30(16-14-21-8-4-2-5-9-21)28(31)27-24(29)15-17-34-27/h2-13,15,17-18H,14,16,19-20H2,1H3. The molecule has 0 aliphatic rings. The number of halogens is 1. The Kier molecular flexibility index (Phi) is 8.23. The van der Waals surface area contributed by atoms with Gasteiger partial charge in [0.05, 0.1) is 12.1 Å². The molecule has 0 aliphatic carbocycles. The number of ether oxygens (including phenoxy) is 2. The first kappa shape index (κ1) is 23.9. The summed E-state index contributed by atoms with van der Waals surface area (Å²) in [5.74, 6) is 1.23. The van der Waals surface area contributed by atoms with Crippen molar-refractivity contribution < 1.29 is 14.3 Å². The largest absolute Gasteiger partial charge is 0.493 e. The van der Waals surface area contributed by atoms with E-state index in [1.807, 2.05) is 77.0 Å². The Morgan fingerprint density at radius 1 is 0.882 bits per heavy atom. The zero-order valence-corrected chi connectivity index (χ0v) is 20.5. The number of benzene rings is 3. The molecule has 0 spiro atoms. The minimum absolute atomic E-state index is 0.0701. The van der Waals surface area contributed by atoms with Gasteiger partial charge in [-0.15, -0.1) is 11.3 Å². The maximum atomic E-state index is 13.3. The highest BCUT2D eigenvalue weighted by Crippen LogP contribution is 2.30. The molecule has 0 saturated carbocycles. The fourth-order valence-corrected chi connectivity index (χ4v) is 4.74. The fourth-order valence-electron chi connectivity index (χ4n) is 3.64. The van der Waals surface area contributed by atoms with Crippen LogP contribution in [0.3, 0.4) is 0 Å². The van der Waals surface area contributed by atoms with E-state index in [-0.39, 0.29) is 5.91 Å². The lowest BCUT2D eigenvalue weighted by atomic mass is 10.1. The molecule has 0 atom stereocenters. The number of hydrogen-bond acceptors (Lipinski definition) is 4. The van der Waals surface area contributed by atoms with E-state index < -0.39 is 0 Å². The third kappa shape index (κ3) is 6.19. The number of rotatable bonds is 10. The summed E-state index contributed by atoms with van der Waals surface area (Å²) in [4.78, 5) is 15.7. The molecule has 0 fully saturated rings. The highest BCUT2D eigenvalue weighted by atomic mass is 35.5. The Bertz CT molecular complexity index is 1210. The number of thiophene rings is 1. The van der Waals surface area contributed by atoms with Gasteiger partial charge in [-0.1, -0.05) is 78.3 Å². The zero-order chi connectivity index (χ0) is 23.8. The molecule has 4 rings (SSSR count). The maximum Gasteiger partial charge on any atom is 0.265 e. The van der Waals surface area contributed by atoms with Crippen LogP contribution >= 0.6 is 22.9 Å². The number of hydrogen-bond donors (Lipinski definition) is 0. The highest BCUT2D eigenvalue weighted by Gasteiger charge is 2.21. The van der Waals surface area contributed by atoms with E-state index >= 15 is 0 Å². The van der Waals surface area contributed by atoms with E-state index in [9.17, 15) is 4.79 Å². The number of nitrogens with zero attached hydrogens (tertiary/aromatic N) is 1.